The third-order valence-corrected chi connectivity index (χ3v) is 5.21. The van der Waals surface area contributed by atoms with Gasteiger partial charge in [0.1, 0.15) is 23.8 Å². The Balaban J connectivity index is 1.57. The molecule has 0 atom stereocenters. The minimum absolute atomic E-state index is 0.105. The fourth-order valence-electron chi connectivity index (χ4n) is 3.03. The first-order valence-corrected chi connectivity index (χ1v) is 10.0. The van der Waals surface area contributed by atoms with Gasteiger partial charge in [0, 0.05) is 5.39 Å². The molecule has 0 aliphatic rings. The SMILES string of the molecule is CCOc1ccc(OCCn2nc(-c3cccs3)c3ccccc3c2=O)cc1. The van der Waals surface area contributed by atoms with Crippen LogP contribution in [0.3, 0.4) is 0 Å². The van der Waals surface area contributed by atoms with E-state index in [9.17, 15) is 4.79 Å². The smallest absolute Gasteiger partial charge is 0.274 e. The fourth-order valence-corrected chi connectivity index (χ4v) is 3.75. The van der Waals surface area contributed by atoms with E-state index in [0.717, 1.165) is 27.5 Å². The second-order valence-corrected chi connectivity index (χ2v) is 7.10. The summed E-state index contributed by atoms with van der Waals surface area (Å²) in [6.07, 6.45) is 0. The van der Waals surface area contributed by atoms with Crippen molar-refractivity contribution in [3.63, 3.8) is 0 Å². The summed E-state index contributed by atoms with van der Waals surface area (Å²) in [5, 5.41) is 8.18. The fraction of sp³-hybridized carbons (Fsp3) is 0.182. The zero-order valence-electron chi connectivity index (χ0n) is 15.5. The molecular weight excluding hydrogens is 372 g/mol. The van der Waals surface area contributed by atoms with E-state index in [-0.39, 0.29) is 5.56 Å². The van der Waals surface area contributed by atoms with Crippen molar-refractivity contribution in [2.45, 2.75) is 13.5 Å². The highest BCUT2D eigenvalue weighted by Gasteiger charge is 2.12. The number of rotatable bonds is 7. The molecule has 5 nitrogen and oxygen atoms in total. The number of thiophene rings is 1. The van der Waals surface area contributed by atoms with Crippen molar-refractivity contribution in [3.8, 4) is 22.1 Å². The molecule has 0 fully saturated rings. The maximum atomic E-state index is 12.8. The standard InChI is InChI=1S/C22H20N2O3S/c1-2-26-16-9-11-17(12-10-16)27-14-13-24-22(25)19-7-4-3-6-18(19)21(23-24)20-8-5-15-28-20/h3-12,15H,2,13-14H2,1H3. The third-order valence-electron chi connectivity index (χ3n) is 4.33. The Labute approximate surface area is 166 Å². The van der Waals surface area contributed by atoms with Crippen LogP contribution in [0.1, 0.15) is 6.92 Å². The van der Waals surface area contributed by atoms with Gasteiger partial charge in [0.15, 0.2) is 0 Å². The molecule has 4 aromatic rings. The van der Waals surface area contributed by atoms with Gasteiger partial charge in [-0.15, -0.1) is 11.3 Å². The van der Waals surface area contributed by atoms with Gasteiger partial charge in [0.05, 0.1) is 23.4 Å². The first kappa shape index (κ1) is 18.3. The molecule has 0 spiro atoms. The molecule has 0 saturated carbocycles. The van der Waals surface area contributed by atoms with Crippen LogP contribution in [0.2, 0.25) is 0 Å². The summed E-state index contributed by atoms with van der Waals surface area (Å²) in [6, 6.07) is 19.1. The Kier molecular flexibility index (Phi) is 5.39. The number of hydrogen-bond donors (Lipinski definition) is 0. The number of hydrogen-bond acceptors (Lipinski definition) is 5. The van der Waals surface area contributed by atoms with E-state index < -0.39 is 0 Å². The first-order valence-electron chi connectivity index (χ1n) is 9.15. The summed E-state index contributed by atoms with van der Waals surface area (Å²) in [6.45, 7) is 3.30. The Morgan fingerprint density at radius 3 is 2.32 bits per heavy atom. The first-order chi connectivity index (χ1) is 13.8. The molecule has 142 valence electrons. The molecule has 2 aromatic heterocycles. The third kappa shape index (κ3) is 3.77. The Hall–Kier alpha value is -3.12. The molecule has 0 aliphatic carbocycles. The predicted octanol–water partition coefficient (Wildman–Crippen LogP) is 4.60. The van der Waals surface area contributed by atoms with Gasteiger partial charge in [-0.2, -0.15) is 5.10 Å². The maximum absolute atomic E-state index is 12.8. The van der Waals surface area contributed by atoms with Crippen molar-refractivity contribution in [1.82, 2.24) is 9.78 Å². The average molecular weight is 392 g/mol. The highest BCUT2D eigenvalue weighted by Crippen LogP contribution is 2.28. The zero-order chi connectivity index (χ0) is 19.3. The van der Waals surface area contributed by atoms with E-state index in [1.54, 1.807) is 11.3 Å². The van der Waals surface area contributed by atoms with E-state index >= 15 is 0 Å². The minimum Gasteiger partial charge on any atom is -0.494 e. The van der Waals surface area contributed by atoms with Gasteiger partial charge in [0.2, 0.25) is 0 Å². The molecule has 28 heavy (non-hydrogen) atoms. The lowest BCUT2D eigenvalue weighted by Gasteiger charge is -2.11. The second-order valence-electron chi connectivity index (χ2n) is 6.15. The lowest BCUT2D eigenvalue weighted by atomic mass is 10.1. The Morgan fingerprint density at radius 1 is 0.929 bits per heavy atom. The monoisotopic (exact) mass is 392 g/mol. The Morgan fingerprint density at radius 2 is 1.64 bits per heavy atom. The average Bonchev–Trinajstić information content (AvgIpc) is 3.26. The predicted molar refractivity (Wildman–Crippen MR) is 112 cm³/mol. The number of ether oxygens (including phenoxy) is 2. The summed E-state index contributed by atoms with van der Waals surface area (Å²) in [7, 11) is 0. The molecule has 2 heterocycles. The molecular formula is C22H20N2O3S. The Bertz CT molecular complexity index is 1120. The lowest BCUT2D eigenvalue weighted by Crippen LogP contribution is -2.26. The van der Waals surface area contributed by atoms with E-state index in [1.807, 2.05) is 73.0 Å². The van der Waals surface area contributed by atoms with Crippen LogP contribution in [0.5, 0.6) is 11.5 Å². The van der Waals surface area contributed by atoms with Crippen LogP contribution in [-0.4, -0.2) is 23.0 Å². The van der Waals surface area contributed by atoms with Gasteiger partial charge < -0.3 is 9.47 Å². The molecule has 6 heteroatoms. The van der Waals surface area contributed by atoms with Crippen LogP contribution in [0.4, 0.5) is 0 Å². The van der Waals surface area contributed by atoms with Crippen molar-refractivity contribution < 1.29 is 9.47 Å². The largest absolute Gasteiger partial charge is 0.494 e. The van der Waals surface area contributed by atoms with Gasteiger partial charge in [0.25, 0.3) is 5.56 Å². The molecule has 0 N–H and O–H groups in total. The normalized spacial score (nSPS) is 10.9. The van der Waals surface area contributed by atoms with E-state index in [2.05, 4.69) is 5.10 Å². The minimum atomic E-state index is -0.105. The number of fused-ring (bicyclic) bond motifs is 1. The van der Waals surface area contributed by atoms with Crippen molar-refractivity contribution in [2.24, 2.45) is 0 Å². The van der Waals surface area contributed by atoms with E-state index in [1.165, 1.54) is 4.68 Å². The van der Waals surface area contributed by atoms with Crippen molar-refractivity contribution in [3.05, 3.63) is 76.4 Å². The highest BCUT2D eigenvalue weighted by atomic mass is 32.1. The van der Waals surface area contributed by atoms with Crippen molar-refractivity contribution >= 4 is 22.1 Å². The molecule has 0 aliphatic heterocycles. The molecule has 0 unspecified atom stereocenters. The number of nitrogens with zero attached hydrogens (tertiary/aromatic N) is 2. The summed E-state index contributed by atoms with van der Waals surface area (Å²) in [5.74, 6) is 1.54. The second kappa shape index (κ2) is 8.27. The molecule has 0 amide bonds. The summed E-state index contributed by atoms with van der Waals surface area (Å²) in [5.41, 5.74) is 0.720. The van der Waals surface area contributed by atoms with Gasteiger partial charge in [-0.25, -0.2) is 4.68 Å². The van der Waals surface area contributed by atoms with Crippen LogP contribution in [0, 0.1) is 0 Å². The van der Waals surface area contributed by atoms with E-state index in [4.69, 9.17) is 9.47 Å². The maximum Gasteiger partial charge on any atom is 0.274 e. The highest BCUT2D eigenvalue weighted by molar-refractivity contribution is 7.13. The van der Waals surface area contributed by atoms with Crippen molar-refractivity contribution in [1.29, 1.82) is 0 Å². The van der Waals surface area contributed by atoms with Crippen LogP contribution >= 0.6 is 11.3 Å². The lowest BCUT2D eigenvalue weighted by molar-refractivity contribution is 0.287. The number of aromatic nitrogens is 2. The van der Waals surface area contributed by atoms with Crippen LogP contribution in [-0.2, 0) is 6.54 Å². The zero-order valence-corrected chi connectivity index (χ0v) is 16.3. The number of benzene rings is 2. The van der Waals surface area contributed by atoms with E-state index in [0.29, 0.717) is 25.1 Å². The summed E-state index contributed by atoms with van der Waals surface area (Å²) in [4.78, 5) is 13.9. The van der Waals surface area contributed by atoms with Crippen LogP contribution in [0.25, 0.3) is 21.3 Å². The molecule has 4 rings (SSSR count). The molecule has 0 saturated heterocycles. The van der Waals surface area contributed by atoms with Gasteiger partial charge in [-0.1, -0.05) is 24.3 Å². The molecule has 2 aromatic carbocycles. The topological polar surface area (TPSA) is 53.4 Å². The molecule has 0 radical (unpaired) electrons. The molecule has 0 bridgehead atoms. The summed E-state index contributed by atoms with van der Waals surface area (Å²) >= 11 is 1.61. The quantitative estimate of drug-likeness (QED) is 0.461. The van der Waals surface area contributed by atoms with Crippen LogP contribution in [0.15, 0.2) is 70.8 Å². The van der Waals surface area contributed by atoms with Gasteiger partial charge in [-0.05, 0) is 48.7 Å². The van der Waals surface area contributed by atoms with Gasteiger partial charge in [-0.3, -0.25) is 4.79 Å². The summed E-state index contributed by atoms with van der Waals surface area (Å²) < 4.78 is 12.7. The van der Waals surface area contributed by atoms with Gasteiger partial charge >= 0.3 is 0 Å². The van der Waals surface area contributed by atoms with Crippen LogP contribution < -0.4 is 15.0 Å². The van der Waals surface area contributed by atoms with Crippen molar-refractivity contribution in [2.75, 3.05) is 13.2 Å².